The van der Waals surface area contributed by atoms with Crippen molar-refractivity contribution in [2.75, 3.05) is 19.8 Å². The van der Waals surface area contributed by atoms with Crippen molar-refractivity contribution >= 4 is 5.91 Å². The molecule has 1 heterocycles. The Morgan fingerprint density at radius 2 is 2.00 bits per heavy atom. The van der Waals surface area contributed by atoms with Gasteiger partial charge in [-0.2, -0.15) is 0 Å². The monoisotopic (exact) mass is 317 g/mol. The Bertz CT molecular complexity index is 539. The predicted octanol–water partition coefficient (Wildman–Crippen LogP) is 3.65. The third-order valence-electron chi connectivity index (χ3n) is 4.69. The summed E-state index contributed by atoms with van der Waals surface area (Å²) in [5, 5.41) is 3.07. The molecule has 1 aromatic carbocycles. The summed E-state index contributed by atoms with van der Waals surface area (Å²) in [4.78, 5) is 12.2. The lowest BCUT2D eigenvalue weighted by molar-refractivity contribution is -0.121. The second-order valence-corrected chi connectivity index (χ2v) is 6.61. The zero-order valence-corrected chi connectivity index (χ0v) is 14.0. The lowest BCUT2D eigenvalue weighted by Crippen LogP contribution is -2.26. The predicted molar refractivity (Wildman–Crippen MR) is 90.0 cm³/mol. The minimum atomic E-state index is 0.174. The van der Waals surface area contributed by atoms with E-state index in [1.165, 1.54) is 31.2 Å². The molecule has 0 saturated heterocycles. The Balaban J connectivity index is 1.61. The molecule has 2 aliphatic rings. The Hall–Kier alpha value is -1.71. The summed E-state index contributed by atoms with van der Waals surface area (Å²) in [5.74, 6) is 2.75. The summed E-state index contributed by atoms with van der Waals surface area (Å²) in [6, 6.07) is 6.15. The lowest BCUT2D eigenvalue weighted by atomic mass is 9.90. The van der Waals surface area contributed by atoms with Crippen molar-refractivity contribution in [3.05, 3.63) is 23.8 Å². The van der Waals surface area contributed by atoms with E-state index in [9.17, 15) is 4.79 Å². The number of benzene rings is 1. The highest BCUT2D eigenvalue weighted by atomic mass is 16.6. The second-order valence-electron chi connectivity index (χ2n) is 6.61. The minimum absolute atomic E-state index is 0.174. The summed E-state index contributed by atoms with van der Waals surface area (Å²) in [5.41, 5.74) is 1.21. The minimum Gasteiger partial charge on any atom is -0.486 e. The molecule has 4 nitrogen and oxygen atoms in total. The van der Waals surface area contributed by atoms with Gasteiger partial charge in [-0.05, 0) is 48.8 Å². The second kappa shape index (κ2) is 7.71. The van der Waals surface area contributed by atoms with Crippen LogP contribution in [0.1, 0.15) is 56.9 Å². The van der Waals surface area contributed by atoms with Crippen molar-refractivity contribution in [3.63, 3.8) is 0 Å². The normalized spacial score (nSPS) is 17.6. The third-order valence-corrected chi connectivity index (χ3v) is 4.69. The molecule has 126 valence electrons. The summed E-state index contributed by atoms with van der Waals surface area (Å²) < 4.78 is 11.3. The van der Waals surface area contributed by atoms with Crippen LogP contribution in [0.4, 0.5) is 0 Å². The number of hydrogen-bond acceptors (Lipinski definition) is 3. The van der Waals surface area contributed by atoms with Crippen LogP contribution in [0.3, 0.4) is 0 Å². The molecule has 0 spiro atoms. The Morgan fingerprint density at radius 3 is 2.74 bits per heavy atom. The number of carbonyl (C=O) groups is 1. The number of nitrogens with one attached hydrogen (secondary N) is 1. The highest BCUT2D eigenvalue weighted by Crippen LogP contribution is 2.46. The molecule has 1 aliphatic carbocycles. The number of unbranched alkanes of at least 4 members (excludes halogenated alkanes) is 2. The molecule has 1 N–H and O–H groups in total. The number of amides is 1. The van der Waals surface area contributed by atoms with Crippen molar-refractivity contribution in [1.82, 2.24) is 5.32 Å². The average molecular weight is 317 g/mol. The molecular formula is C19H27NO3. The molecular weight excluding hydrogens is 290 g/mol. The molecule has 1 unspecified atom stereocenters. The Kier molecular flexibility index (Phi) is 5.42. The van der Waals surface area contributed by atoms with E-state index in [4.69, 9.17) is 9.47 Å². The molecule has 1 fully saturated rings. The molecule has 0 bridgehead atoms. The summed E-state index contributed by atoms with van der Waals surface area (Å²) >= 11 is 0. The number of hydrogen-bond donors (Lipinski definition) is 1. The molecule has 4 heteroatoms. The zero-order chi connectivity index (χ0) is 16.1. The van der Waals surface area contributed by atoms with Crippen molar-refractivity contribution < 1.29 is 14.3 Å². The van der Waals surface area contributed by atoms with E-state index in [0.717, 1.165) is 24.5 Å². The lowest BCUT2D eigenvalue weighted by Gasteiger charge is -2.22. The van der Waals surface area contributed by atoms with Crippen LogP contribution in [0.25, 0.3) is 0 Å². The maximum absolute atomic E-state index is 12.2. The Labute approximate surface area is 138 Å². The van der Waals surface area contributed by atoms with Gasteiger partial charge in [-0.25, -0.2) is 0 Å². The van der Waals surface area contributed by atoms with Gasteiger partial charge in [-0.1, -0.05) is 25.8 Å². The van der Waals surface area contributed by atoms with Gasteiger partial charge < -0.3 is 14.8 Å². The van der Waals surface area contributed by atoms with Gasteiger partial charge >= 0.3 is 0 Å². The summed E-state index contributed by atoms with van der Waals surface area (Å²) in [6.07, 6.45) is 6.45. The van der Waals surface area contributed by atoms with E-state index in [1.54, 1.807) is 0 Å². The fourth-order valence-electron chi connectivity index (χ4n) is 3.22. The van der Waals surface area contributed by atoms with E-state index in [-0.39, 0.29) is 5.91 Å². The zero-order valence-electron chi connectivity index (χ0n) is 14.0. The number of ether oxygens (including phenoxy) is 2. The molecule has 3 rings (SSSR count). The van der Waals surface area contributed by atoms with Gasteiger partial charge in [-0.3, -0.25) is 4.79 Å². The van der Waals surface area contributed by atoms with E-state index in [0.29, 0.717) is 31.5 Å². The highest BCUT2D eigenvalue weighted by molar-refractivity contribution is 5.77. The summed E-state index contributed by atoms with van der Waals surface area (Å²) in [6.45, 7) is 4.18. The number of fused-ring (bicyclic) bond motifs is 1. The van der Waals surface area contributed by atoms with Gasteiger partial charge in [0.05, 0.1) is 0 Å². The molecule has 1 saturated carbocycles. The van der Waals surface area contributed by atoms with Gasteiger partial charge in [0.25, 0.3) is 0 Å². The van der Waals surface area contributed by atoms with Crippen LogP contribution in [0, 0.1) is 5.92 Å². The Morgan fingerprint density at radius 1 is 1.22 bits per heavy atom. The molecule has 1 atom stereocenters. The van der Waals surface area contributed by atoms with Crippen molar-refractivity contribution in [1.29, 1.82) is 0 Å². The first-order valence-corrected chi connectivity index (χ1v) is 8.94. The van der Waals surface area contributed by atoms with Crippen LogP contribution >= 0.6 is 0 Å². The van der Waals surface area contributed by atoms with Gasteiger partial charge in [0, 0.05) is 13.0 Å². The van der Waals surface area contributed by atoms with Crippen LogP contribution in [-0.4, -0.2) is 25.7 Å². The molecule has 1 aromatic rings. The fraction of sp³-hybridized carbons (Fsp3) is 0.632. The van der Waals surface area contributed by atoms with Crippen molar-refractivity contribution in [2.45, 2.75) is 51.4 Å². The first kappa shape index (κ1) is 16.2. The van der Waals surface area contributed by atoms with E-state index in [1.807, 2.05) is 6.07 Å². The first-order chi connectivity index (χ1) is 11.3. The molecule has 0 aromatic heterocycles. The molecule has 0 radical (unpaired) electrons. The van der Waals surface area contributed by atoms with Crippen LogP contribution in [-0.2, 0) is 4.79 Å². The highest BCUT2D eigenvalue weighted by Gasteiger charge is 2.34. The van der Waals surface area contributed by atoms with Crippen LogP contribution in [0.2, 0.25) is 0 Å². The molecule has 23 heavy (non-hydrogen) atoms. The van der Waals surface area contributed by atoms with E-state index < -0.39 is 0 Å². The maximum Gasteiger partial charge on any atom is 0.220 e. The number of carbonyl (C=O) groups excluding carboxylic acids is 1. The summed E-state index contributed by atoms with van der Waals surface area (Å²) in [7, 11) is 0. The van der Waals surface area contributed by atoms with Crippen molar-refractivity contribution in [3.8, 4) is 11.5 Å². The van der Waals surface area contributed by atoms with Gasteiger partial charge in [-0.15, -0.1) is 0 Å². The van der Waals surface area contributed by atoms with Crippen LogP contribution in [0.5, 0.6) is 11.5 Å². The largest absolute Gasteiger partial charge is 0.486 e. The SMILES string of the molecule is CCCCCNC(=O)CC(c1ccc2c(c1)OCCO2)C1CC1. The van der Waals surface area contributed by atoms with E-state index >= 15 is 0 Å². The van der Waals surface area contributed by atoms with Gasteiger partial charge in [0.15, 0.2) is 11.5 Å². The fourth-order valence-corrected chi connectivity index (χ4v) is 3.22. The third kappa shape index (κ3) is 4.40. The number of rotatable bonds is 8. The maximum atomic E-state index is 12.2. The van der Waals surface area contributed by atoms with Crippen molar-refractivity contribution in [2.24, 2.45) is 5.92 Å². The van der Waals surface area contributed by atoms with Gasteiger partial charge in [0.2, 0.25) is 5.91 Å². The van der Waals surface area contributed by atoms with Crippen LogP contribution < -0.4 is 14.8 Å². The van der Waals surface area contributed by atoms with Gasteiger partial charge in [0.1, 0.15) is 13.2 Å². The molecule has 1 aliphatic heterocycles. The van der Waals surface area contributed by atoms with Crippen LogP contribution in [0.15, 0.2) is 18.2 Å². The van der Waals surface area contributed by atoms with E-state index in [2.05, 4.69) is 24.4 Å². The first-order valence-electron chi connectivity index (χ1n) is 8.94. The average Bonchev–Trinajstić information content (AvgIpc) is 3.41. The topological polar surface area (TPSA) is 47.6 Å². The smallest absolute Gasteiger partial charge is 0.220 e. The quantitative estimate of drug-likeness (QED) is 0.745. The standard InChI is InChI=1S/C19H27NO3/c1-2-3-4-9-20-19(21)13-16(14-5-6-14)15-7-8-17-18(12-15)23-11-10-22-17/h7-8,12,14,16H,2-6,9-11,13H2,1H3,(H,20,21). The molecule has 1 amide bonds.